The summed E-state index contributed by atoms with van der Waals surface area (Å²) in [5, 5.41) is 1.07. The molecule has 0 unspecified atom stereocenters. The molecule has 2 N–H and O–H groups in total. The van der Waals surface area contributed by atoms with E-state index in [2.05, 4.69) is 9.71 Å². The Kier molecular flexibility index (Phi) is 4.11. The first-order valence-corrected chi connectivity index (χ1v) is 8.68. The third-order valence-corrected chi connectivity index (χ3v) is 5.07. The Morgan fingerprint density at radius 3 is 2.52 bits per heavy atom. The minimum Gasteiger partial charge on any atom is -0.497 e. The second-order valence-electron chi connectivity index (χ2n) is 5.37. The van der Waals surface area contributed by atoms with E-state index < -0.39 is 10.0 Å². The number of methoxy groups -OCH3 is 1. The quantitative estimate of drug-likeness (QED) is 0.755. The van der Waals surface area contributed by atoms with Crippen LogP contribution in [0.3, 0.4) is 0 Å². The van der Waals surface area contributed by atoms with E-state index >= 15 is 0 Å². The number of rotatable bonds is 5. The number of aromatic nitrogens is 1. The number of fused-ring (bicyclic) bond motifs is 1. The zero-order valence-electron chi connectivity index (χ0n) is 13.0. The number of hydrogen-bond donors (Lipinski definition) is 2. The molecule has 3 rings (SSSR count). The molecule has 3 aromatic rings. The molecule has 23 heavy (non-hydrogen) atoms. The normalized spacial score (nSPS) is 11.7. The van der Waals surface area contributed by atoms with Gasteiger partial charge in [0.1, 0.15) is 5.75 Å². The summed E-state index contributed by atoms with van der Waals surface area (Å²) in [5.41, 5.74) is 3.04. The fourth-order valence-electron chi connectivity index (χ4n) is 2.45. The Morgan fingerprint density at radius 1 is 1.09 bits per heavy atom. The van der Waals surface area contributed by atoms with Crippen molar-refractivity contribution in [3.8, 4) is 5.75 Å². The average Bonchev–Trinajstić information content (AvgIpc) is 2.92. The van der Waals surface area contributed by atoms with Crippen LogP contribution in [0.1, 0.15) is 11.3 Å². The molecule has 2 aromatic carbocycles. The van der Waals surface area contributed by atoms with Crippen LogP contribution in [-0.4, -0.2) is 20.5 Å². The van der Waals surface area contributed by atoms with Gasteiger partial charge in [0, 0.05) is 17.8 Å². The molecule has 0 fully saturated rings. The van der Waals surface area contributed by atoms with E-state index in [9.17, 15) is 8.42 Å². The maximum atomic E-state index is 12.3. The molecule has 1 heterocycles. The number of sulfonamides is 1. The van der Waals surface area contributed by atoms with Gasteiger partial charge in [0.2, 0.25) is 10.0 Å². The average molecular weight is 330 g/mol. The SMILES string of the molecule is COc1ccc(S(=O)(=O)NCc2ccc3[nH]c(C)cc3c2)cc1. The van der Waals surface area contributed by atoms with E-state index in [0.29, 0.717) is 5.75 Å². The zero-order chi connectivity index (χ0) is 16.4. The molecule has 0 aliphatic carbocycles. The highest BCUT2D eigenvalue weighted by Crippen LogP contribution is 2.18. The minimum absolute atomic E-state index is 0.219. The monoisotopic (exact) mass is 330 g/mol. The molecule has 0 atom stereocenters. The number of aryl methyl sites for hydroxylation is 1. The van der Waals surface area contributed by atoms with Crippen molar-refractivity contribution in [3.63, 3.8) is 0 Å². The summed E-state index contributed by atoms with van der Waals surface area (Å²) in [6.45, 7) is 2.24. The molecule has 0 aliphatic rings. The van der Waals surface area contributed by atoms with Crippen molar-refractivity contribution in [3.05, 3.63) is 59.8 Å². The molecule has 0 saturated heterocycles. The van der Waals surface area contributed by atoms with Crippen LogP contribution < -0.4 is 9.46 Å². The summed E-state index contributed by atoms with van der Waals surface area (Å²) in [4.78, 5) is 3.46. The summed E-state index contributed by atoms with van der Waals surface area (Å²) in [6, 6.07) is 14.2. The van der Waals surface area contributed by atoms with Gasteiger partial charge in [0.15, 0.2) is 0 Å². The van der Waals surface area contributed by atoms with Gasteiger partial charge in [0.05, 0.1) is 12.0 Å². The number of nitrogens with one attached hydrogen (secondary N) is 2. The van der Waals surface area contributed by atoms with E-state index in [-0.39, 0.29) is 11.4 Å². The van der Waals surface area contributed by atoms with E-state index in [1.165, 1.54) is 12.1 Å². The predicted octanol–water partition coefficient (Wildman–Crippen LogP) is 2.96. The maximum absolute atomic E-state index is 12.3. The third-order valence-electron chi connectivity index (χ3n) is 3.66. The minimum atomic E-state index is -3.54. The Morgan fingerprint density at radius 2 is 1.83 bits per heavy atom. The van der Waals surface area contributed by atoms with Crippen molar-refractivity contribution < 1.29 is 13.2 Å². The Labute approximate surface area is 135 Å². The summed E-state index contributed by atoms with van der Waals surface area (Å²) in [7, 11) is -2.00. The molecule has 5 nitrogen and oxygen atoms in total. The van der Waals surface area contributed by atoms with Crippen LogP contribution in [0, 0.1) is 6.92 Å². The van der Waals surface area contributed by atoms with E-state index in [0.717, 1.165) is 22.2 Å². The zero-order valence-corrected chi connectivity index (χ0v) is 13.8. The second kappa shape index (κ2) is 6.06. The molecule has 0 bridgehead atoms. The molecule has 1 aromatic heterocycles. The molecule has 120 valence electrons. The number of H-pyrrole nitrogens is 1. The van der Waals surface area contributed by atoms with Crippen LogP contribution in [0.15, 0.2) is 53.4 Å². The molecule has 0 aliphatic heterocycles. The van der Waals surface area contributed by atoms with Crippen LogP contribution in [0.5, 0.6) is 5.75 Å². The standard InChI is InChI=1S/C17H18N2O3S/c1-12-9-14-10-13(3-8-17(14)19-12)11-18-23(20,21)16-6-4-15(22-2)5-7-16/h3-10,18-19H,11H2,1-2H3. The van der Waals surface area contributed by atoms with Crippen LogP contribution in [0.25, 0.3) is 10.9 Å². The Hall–Kier alpha value is -2.31. The van der Waals surface area contributed by atoms with Crippen LogP contribution in [-0.2, 0) is 16.6 Å². The molecular weight excluding hydrogens is 312 g/mol. The maximum Gasteiger partial charge on any atom is 0.240 e. The first kappa shape index (κ1) is 15.6. The van der Waals surface area contributed by atoms with Crippen LogP contribution >= 0.6 is 0 Å². The van der Waals surface area contributed by atoms with E-state index in [4.69, 9.17) is 4.74 Å². The van der Waals surface area contributed by atoms with Crippen molar-refractivity contribution in [1.82, 2.24) is 9.71 Å². The van der Waals surface area contributed by atoms with Gasteiger partial charge in [-0.1, -0.05) is 6.07 Å². The lowest BCUT2D eigenvalue weighted by Crippen LogP contribution is -2.23. The van der Waals surface area contributed by atoms with E-state index in [1.54, 1.807) is 19.2 Å². The highest BCUT2D eigenvalue weighted by atomic mass is 32.2. The highest BCUT2D eigenvalue weighted by molar-refractivity contribution is 7.89. The number of aromatic amines is 1. The van der Waals surface area contributed by atoms with E-state index in [1.807, 2.05) is 31.2 Å². The van der Waals surface area contributed by atoms with Gasteiger partial charge in [-0.25, -0.2) is 13.1 Å². The molecule has 0 saturated carbocycles. The Bertz CT molecular complexity index is 928. The first-order chi connectivity index (χ1) is 11.0. The highest BCUT2D eigenvalue weighted by Gasteiger charge is 2.13. The molecule has 0 radical (unpaired) electrons. The van der Waals surface area contributed by atoms with Gasteiger partial charge in [-0.15, -0.1) is 0 Å². The topological polar surface area (TPSA) is 71.2 Å². The van der Waals surface area contributed by atoms with Crippen LogP contribution in [0.2, 0.25) is 0 Å². The predicted molar refractivity (Wildman–Crippen MR) is 90.1 cm³/mol. The van der Waals surface area contributed by atoms with Gasteiger partial charge in [-0.05, 0) is 60.3 Å². The van der Waals surface area contributed by atoms with Gasteiger partial charge in [0.25, 0.3) is 0 Å². The lowest BCUT2D eigenvalue weighted by atomic mass is 10.1. The number of benzene rings is 2. The lowest BCUT2D eigenvalue weighted by molar-refractivity contribution is 0.414. The molecule has 6 heteroatoms. The summed E-state index contributed by atoms with van der Waals surface area (Å²) < 4.78 is 32.3. The number of ether oxygens (including phenoxy) is 1. The first-order valence-electron chi connectivity index (χ1n) is 7.20. The molecule has 0 amide bonds. The van der Waals surface area contributed by atoms with Crippen molar-refractivity contribution in [2.45, 2.75) is 18.4 Å². The number of hydrogen-bond acceptors (Lipinski definition) is 3. The van der Waals surface area contributed by atoms with Crippen molar-refractivity contribution in [2.75, 3.05) is 7.11 Å². The largest absolute Gasteiger partial charge is 0.497 e. The van der Waals surface area contributed by atoms with Gasteiger partial charge in [-0.3, -0.25) is 0 Å². The van der Waals surface area contributed by atoms with Crippen molar-refractivity contribution >= 4 is 20.9 Å². The Balaban J connectivity index is 1.76. The van der Waals surface area contributed by atoms with Gasteiger partial charge >= 0.3 is 0 Å². The fourth-order valence-corrected chi connectivity index (χ4v) is 3.47. The summed E-state index contributed by atoms with van der Waals surface area (Å²) in [5.74, 6) is 0.622. The third kappa shape index (κ3) is 3.38. The van der Waals surface area contributed by atoms with Crippen LogP contribution in [0.4, 0.5) is 0 Å². The fraction of sp³-hybridized carbons (Fsp3) is 0.176. The lowest BCUT2D eigenvalue weighted by Gasteiger charge is -2.08. The summed E-state index contributed by atoms with van der Waals surface area (Å²) >= 11 is 0. The second-order valence-corrected chi connectivity index (χ2v) is 7.14. The molecule has 0 spiro atoms. The summed E-state index contributed by atoms with van der Waals surface area (Å²) in [6.07, 6.45) is 0. The van der Waals surface area contributed by atoms with Gasteiger partial charge in [-0.2, -0.15) is 0 Å². The van der Waals surface area contributed by atoms with Crippen molar-refractivity contribution in [1.29, 1.82) is 0 Å². The van der Waals surface area contributed by atoms with Gasteiger partial charge < -0.3 is 9.72 Å². The molecular formula is C17H18N2O3S. The van der Waals surface area contributed by atoms with Crippen molar-refractivity contribution in [2.24, 2.45) is 0 Å². The smallest absolute Gasteiger partial charge is 0.240 e.